The van der Waals surface area contributed by atoms with Crippen LogP contribution in [0.2, 0.25) is 0 Å². The first kappa shape index (κ1) is 15.3. The molecule has 1 saturated carbocycles. The van der Waals surface area contributed by atoms with Gasteiger partial charge in [-0.2, -0.15) is 0 Å². The number of benzene rings is 1. The minimum atomic E-state index is 0.285. The van der Waals surface area contributed by atoms with Crippen LogP contribution in [0, 0.1) is 5.92 Å². The fourth-order valence-corrected chi connectivity index (χ4v) is 3.10. The standard InChI is InChI=1S/C17H27NO2/c1-3-20-16-9-6-8-14(11-16)13(2)18-17-10-5-4-7-15(17)12-19/h6,8-9,11,13,15,17-19H,3-5,7,10,12H2,1-2H3. The van der Waals surface area contributed by atoms with E-state index in [1.54, 1.807) is 0 Å². The lowest BCUT2D eigenvalue weighted by Crippen LogP contribution is -2.41. The van der Waals surface area contributed by atoms with Crippen LogP contribution in [-0.2, 0) is 0 Å². The highest BCUT2D eigenvalue weighted by molar-refractivity contribution is 5.30. The van der Waals surface area contributed by atoms with Crippen molar-refractivity contribution in [3.05, 3.63) is 29.8 Å². The zero-order chi connectivity index (χ0) is 14.4. The summed E-state index contributed by atoms with van der Waals surface area (Å²) in [5.41, 5.74) is 1.25. The van der Waals surface area contributed by atoms with Crippen LogP contribution in [0.1, 0.15) is 51.1 Å². The first-order chi connectivity index (χ1) is 9.74. The van der Waals surface area contributed by atoms with Crippen molar-refractivity contribution in [2.75, 3.05) is 13.2 Å². The van der Waals surface area contributed by atoms with Crippen molar-refractivity contribution in [2.45, 2.75) is 51.6 Å². The number of hydrogen-bond donors (Lipinski definition) is 2. The fraction of sp³-hybridized carbons (Fsp3) is 0.647. The predicted octanol–water partition coefficient (Wildman–Crippen LogP) is 3.29. The molecule has 3 unspecified atom stereocenters. The van der Waals surface area contributed by atoms with E-state index in [0.717, 1.165) is 12.2 Å². The Morgan fingerprint density at radius 1 is 1.35 bits per heavy atom. The third-order valence-electron chi connectivity index (χ3n) is 4.28. The molecule has 20 heavy (non-hydrogen) atoms. The molecule has 112 valence electrons. The normalized spacial score (nSPS) is 24.4. The van der Waals surface area contributed by atoms with E-state index in [0.29, 0.717) is 25.2 Å². The summed E-state index contributed by atoms with van der Waals surface area (Å²) in [6.07, 6.45) is 4.82. The van der Waals surface area contributed by atoms with Crippen LogP contribution in [0.4, 0.5) is 0 Å². The molecule has 1 aromatic rings. The summed E-state index contributed by atoms with van der Waals surface area (Å²) in [5, 5.41) is 13.2. The van der Waals surface area contributed by atoms with Gasteiger partial charge in [0.1, 0.15) is 5.75 Å². The molecule has 2 rings (SSSR count). The Balaban J connectivity index is 1.99. The number of ether oxygens (including phenoxy) is 1. The largest absolute Gasteiger partial charge is 0.494 e. The van der Waals surface area contributed by atoms with E-state index in [2.05, 4.69) is 24.4 Å². The number of aliphatic hydroxyl groups excluding tert-OH is 1. The molecule has 1 aliphatic carbocycles. The van der Waals surface area contributed by atoms with Crippen molar-refractivity contribution in [3.8, 4) is 5.75 Å². The number of nitrogens with one attached hydrogen (secondary N) is 1. The maximum atomic E-state index is 9.50. The van der Waals surface area contributed by atoms with Gasteiger partial charge in [-0.3, -0.25) is 0 Å². The van der Waals surface area contributed by atoms with E-state index in [-0.39, 0.29) is 6.04 Å². The molecule has 1 aromatic carbocycles. The Kier molecular flexibility index (Phi) is 5.86. The smallest absolute Gasteiger partial charge is 0.119 e. The number of rotatable bonds is 6. The van der Waals surface area contributed by atoms with Crippen molar-refractivity contribution in [2.24, 2.45) is 5.92 Å². The Hall–Kier alpha value is -1.06. The van der Waals surface area contributed by atoms with Crippen LogP contribution in [0.5, 0.6) is 5.75 Å². The maximum absolute atomic E-state index is 9.50. The van der Waals surface area contributed by atoms with Crippen LogP contribution in [0.3, 0.4) is 0 Å². The molecule has 0 spiro atoms. The van der Waals surface area contributed by atoms with Gasteiger partial charge >= 0.3 is 0 Å². The molecular formula is C17H27NO2. The van der Waals surface area contributed by atoms with Crippen molar-refractivity contribution >= 4 is 0 Å². The van der Waals surface area contributed by atoms with Gasteiger partial charge in [-0.25, -0.2) is 0 Å². The summed E-state index contributed by atoms with van der Waals surface area (Å²) >= 11 is 0. The minimum Gasteiger partial charge on any atom is -0.494 e. The second-order valence-electron chi connectivity index (χ2n) is 5.73. The molecule has 0 heterocycles. The van der Waals surface area contributed by atoms with E-state index in [1.165, 1.54) is 24.8 Å². The molecule has 2 N–H and O–H groups in total. The summed E-state index contributed by atoms with van der Waals surface area (Å²) < 4.78 is 5.56. The first-order valence-electron chi connectivity index (χ1n) is 7.84. The van der Waals surface area contributed by atoms with Gasteiger partial charge in [-0.15, -0.1) is 0 Å². The van der Waals surface area contributed by atoms with E-state index in [1.807, 2.05) is 19.1 Å². The molecule has 3 atom stereocenters. The molecule has 1 aliphatic rings. The Morgan fingerprint density at radius 3 is 2.90 bits per heavy atom. The summed E-state index contributed by atoms with van der Waals surface area (Å²) in [6.45, 7) is 5.18. The van der Waals surface area contributed by atoms with Gasteiger partial charge in [-0.05, 0) is 50.3 Å². The molecule has 3 nitrogen and oxygen atoms in total. The predicted molar refractivity (Wildman–Crippen MR) is 82.0 cm³/mol. The molecule has 0 bridgehead atoms. The number of hydrogen-bond acceptors (Lipinski definition) is 3. The van der Waals surface area contributed by atoms with E-state index in [9.17, 15) is 5.11 Å². The maximum Gasteiger partial charge on any atom is 0.119 e. The summed E-state index contributed by atoms with van der Waals surface area (Å²) in [4.78, 5) is 0. The summed E-state index contributed by atoms with van der Waals surface area (Å²) in [5.74, 6) is 1.34. The Bertz CT molecular complexity index is 408. The zero-order valence-corrected chi connectivity index (χ0v) is 12.6. The van der Waals surface area contributed by atoms with E-state index < -0.39 is 0 Å². The number of aliphatic hydroxyl groups is 1. The van der Waals surface area contributed by atoms with Crippen LogP contribution < -0.4 is 10.1 Å². The Labute approximate surface area is 122 Å². The highest BCUT2D eigenvalue weighted by Crippen LogP contribution is 2.27. The molecule has 0 saturated heterocycles. The van der Waals surface area contributed by atoms with Gasteiger partial charge in [-0.1, -0.05) is 25.0 Å². The average Bonchev–Trinajstić information content (AvgIpc) is 2.48. The van der Waals surface area contributed by atoms with Crippen molar-refractivity contribution in [3.63, 3.8) is 0 Å². The van der Waals surface area contributed by atoms with E-state index in [4.69, 9.17) is 4.74 Å². The van der Waals surface area contributed by atoms with Gasteiger partial charge < -0.3 is 15.2 Å². The van der Waals surface area contributed by atoms with Gasteiger partial charge in [0, 0.05) is 18.7 Å². The highest BCUT2D eigenvalue weighted by atomic mass is 16.5. The van der Waals surface area contributed by atoms with Crippen molar-refractivity contribution in [1.29, 1.82) is 0 Å². The summed E-state index contributed by atoms with van der Waals surface area (Å²) in [7, 11) is 0. The van der Waals surface area contributed by atoms with Gasteiger partial charge in [0.15, 0.2) is 0 Å². The minimum absolute atomic E-state index is 0.285. The average molecular weight is 277 g/mol. The SMILES string of the molecule is CCOc1cccc(C(C)NC2CCCCC2CO)c1. The summed E-state index contributed by atoms with van der Waals surface area (Å²) in [6, 6.07) is 9.00. The van der Waals surface area contributed by atoms with Gasteiger partial charge in [0.25, 0.3) is 0 Å². The quantitative estimate of drug-likeness (QED) is 0.838. The van der Waals surface area contributed by atoms with Crippen molar-refractivity contribution < 1.29 is 9.84 Å². The van der Waals surface area contributed by atoms with Crippen LogP contribution in [0.25, 0.3) is 0 Å². The van der Waals surface area contributed by atoms with Crippen LogP contribution in [-0.4, -0.2) is 24.4 Å². The first-order valence-corrected chi connectivity index (χ1v) is 7.84. The van der Waals surface area contributed by atoms with Gasteiger partial charge in [0.2, 0.25) is 0 Å². The lowest BCUT2D eigenvalue weighted by Gasteiger charge is -2.33. The Morgan fingerprint density at radius 2 is 2.15 bits per heavy atom. The van der Waals surface area contributed by atoms with Crippen LogP contribution >= 0.6 is 0 Å². The lowest BCUT2D eigenvalue weighted by molar-refractivity contribution is 0.147. The highest BCUT2D eigenvalue weighted by Gasteiger charge is 2.25. The van der Waals surface area contributed by atoms with Crippen LogP contribution in [0.15, 0.2) is 24.3 Å². The molecule has 3 heteroatoms. The third kappa shape index (κ3) is 3.97. The molecule has 0 amide bonds. The fourth-order valence-electron chi connectivity index (χ4n) is 3.10. The molecular weight excluding hydrogens is 250 g/mol. The van der Waals surface area contributed by atoms with E-state index >= 15 is 0 Å². The second kappa shape index (κ2) is 7.65. The second-order valence-corrected chi connectivity index (χ2v) is 5.73. The van der Waals surface area contributed by atoms with Gasteiger partial charge in [0.05, 0.1) is 6.61 Å². The molecule has 0 radical (unpaired) electrons. The molecule has 0 aliphatic heterocycles. The van der Waals surface area contributed by atoms with Crippen molar-refractivity contribution in [1.82, 2.24) is 5.32 Å². The molecule has 1 fully saturated rings. The zero-order valence-electron chi connectivity index (χ0n) is 12.6. The lowest BCUT2D eigenvalue weighted by atomic mass is 9.84. The monoisotopic (exact) mass is 277 g/mol. The third-order valence-corrected chi connectivity index (χ3v) is 4.28. The molecule has 0 aromatic heterocycles. The topological polar surface area (TPSA) is 41.5 Å².